The molecule has 7 heteroatoms. The number of nitrogen functional groups attached to an aromatic ring is 1. The molecule has 136 valence electrons. The second-order valence-corrected chi connectivity index (χ2v) is 14.6. The fourth-order valence-corrected chi connectivity index (χ4v) is 4.27. The van der Waals surface area contributed by atoms with Crippen molar-refractivity contribution in [2.45, 2.75) is 30.6 Å². The van der Waals surface area contributed by atoms with Crippen LogP contribution >= 0.6 is 0 Å². The molecule has 0 atom stereocenters. The molecule has 2 N–H and O–H groups in total. The van der Waals surface area contributed by atoms with E-state index in [-0.39, 0.29) is 11.6 Å². The van der Waals surface area contributed by atoms with Gasteiger partial charge in [-0.15, -0.1) is 0 Å². The molecule has 2 aromatic rings. The largest absolute Gasteiger partial charge is 0.399 e. The molecule has 2 aromatic carbocycles. The minimum absolute atomic E-state index is 0.0127. The van der Waals surface area contributed by atoms with E-state index in [4.69, 9.17) is 10.5 Å². The van der Waals surface area contributed by atoms with Gasteiger partial charge in [0.25, 0.3) is 10.0 Å². The fourth-order valence-electron chi connectivity index (χ4n) is 2.17. The SMILES string of the molecule is C[Si](C)(C)CCOCN(c1ccccc1)S(=O)(=O)c1ccc(N)cc1. The lowest BCUT2D eigenvalue weighted by Crippen LogP contribution is -2.34. The first kappa shape index (κ1) is 19.5. The van der Waals surface area contributed by atoms with Crippen LogP contribution in [0.15, 0.2) is 59.5 Å². The summed E-state index contributed by atoms with van der Waals surface area (Å²) in [5, 5.41) is 0. The van der Waals surface area contributed by atoms with Crippen molar-refractivity contribution in [1.82, 2.24) is 0 Å². The third-order valence-corrected chi connectivity index (χ3v) is 7.19. The Hall–Kier alpha value is -1.83. The summed E-state index contributed by atoms with van der Waals surface area (Å²) in [6, 6.07) is 16.2. The molecule has 2 rings (SSSR count). The molecule has 0 aliphatic heterocycles. The zero-order valence-electron chi connectivity index (χ0n) is 15.0. The minimum Gasteiger partial charge on any atom is -0.399 e. The van der Waals surface area contributed by atoms with Gasteiger partial charge in [-0.2, -0.15) is 0 Å². The van der Waals surface area contributed by atoms with Crippen LogP contribution in [0.1, 0.15) is 0 Å². The molecule has 0 amide bonds. The van der Waals surface area contributed by atoms with E-state index in [2.05, 4.69) is 19.6 Å². The molecular formula is C18H26N2O3SSi. The molecule has 5 nitrogen and oxygen atoms in total. The average molecular weight is 379 g/mol. The summed E-state index contributed by atoms with van der Waals surface area (Å²) in [7, 11) is -4.95. The quantitative estimate of drug-likeness (QED) is 0.328. The number of benzene rings is 2. The Morgan fingerprint density at radius 2 is 1.60 bits per heavy atom. The Morgan fingerprint density at radius 3 is 2.16 bits per heavy atom. The molecule has 0 saturated carbocycles. The van der Waals surface area contributed by atoms with Crippen molar-refractivity contribution < 1.29 is 13.2 Å². The number of rotatable bonds is 8. The molecule has 0 aliphatic rings. The zero-order chi connectivity index (χ0) is 18.5. The molecule has 25 heavy (non-hydrogen) atoms. The lowest BCUT2D eigenvalue weighted by molar-refractivity contribution is 0.156. The van der Waals surface area contributed by atoms with Crippen LogP contribution < -0.4 is 10.0 Å². The number of hydrogen-bond donors (Lipinski definition) is 1. The Morgan fingerprint density at radius 1 is 1.00 bits per heavy atom. The van der Waals surface area contributed by atoms with Gasteiger partial charge in [-0.3, -0.25) is 0 Å². The zero-order valence-corrected chi connectivity index (χ0v) is 16.8. The van der Waals surface area contributed by atoms with Crippen LogP contribution in [0.25, 0.3) is 0 Å². The minimum atomic E-state index is -3.72. The average Bonchev–Trinajstić information content (AvgIpc) is 2.54. The normalized spacial score (nSPS) is 12.1. The van der Waals surface area contributed by atoms with Crippen LogP contribution in [-0.4, -0.2) is 29.8 Å². The van der Waals surface area contributed by atoms with Crippen molar-refractivity contribution >= 4 is 29.5 Å². The maximum absolute atomic E-state index is 13.0. The highest BCUT2D eigenvalue weighted by atomic mass is 32.2. The van der Waals surface area contributed by atoms with Crippen molar-refractivity contribution in [3.05, 3.63) is 54.6 Å². The van der Waals surface area contributed by atoms with Crippen LogP contribution in [-0.2, 0) is 14.8 Å². The highest BCUT2D eigenvalue weighted by Crippen LogP contribution is 2.24. The molecular weight excluding hydrogens is 352 g/mol. The van der Waals surface area contributed by atoms with Crippen molar-refractivity contribution in [2.24, 2.45) is 0 Å². The van der Waals surface area contributed by atoms with Gasteiger partial charge < -0.3 is 10.5 Å². The molecule has 0 fully saturated rings. The van der Waals surface area contributed by atoms with Crippen LogP contribution in [0.3, 0.4) is 0 Å². The Bertz CT molecular complexity index is 772. The van der Waals surface area contributed by atoms with Gasteiger partial charge in [0.05, 0.1) is 10.6 Å². The topological polar surface area (TPSA) is 72.6 Å². The molecule has 0 aliphatic carbocycles. The molecule has 0 unspecified atom stereocenters. The summed E-state index contributed by atoms with van der Waals surface area (Å²) in [6.45, 7) is 7.32. The number of ether oxygens (including phenoxy) is 1. The summed E-state index contributed by atoms with van der Waals surface area (Å²) in [6.07, 6.45) is 0. The van der Waals surface area contributed by atoms with Crippen LogP contribution in [0.5, 0.6) is 0 Å². The Labute approximate surface area is 151 Å². The lowest BCUT2D eigenvalue weighted by atomic mass is 10.3. The maximum atomic E-state index is 13.0. The summed E-state index contributed by atoms with van der Waals surface area (Å²) in [5.41, 5.74) is 6.77. The molecule has 0 saturated heterocycles. The van der Waals surface area contributed by atoms with E-state index in [9.17, 15) is 8.42 Å². The smallest absolute Gasteiger partial charge is 0.266 e. The van der Waals surface area contributed by atoms with Crippen molar-refractivity contribution in [1.29, 1.82) is 0 Å². The number of sulfonamides is 1. The lowest BCUT2D eigenvalue weighted by Gasteiger charge is -2.25. The molecule has 0 bridgehead atoms. The summed E-state index contributed by atoms with van der Waals surface area (Å²) < 4.78 is 33.1. The second kappa shape index (κ2) is 8.03. The number of para-hydroxylation sites is 1. The van der Waals surface area contributed by atoms with Gasteiger partial charge in [-0.1, -0.05) is 37.8 Å². The van der Waals surface area contributed by atoms with Crippen molar-refractivity contribution in [2.75, 3.05) is 23.4 Å². The number of hydrogen-bond acceptors (Lipinski definition) is 4. The van der Waals surface area contributed by atoms with Gasteiger partial charge in [0.2, 0.25) is 0 Å². The van der Waals surface area contributed by atoms with Crippen molar-refractivity contribution in [3.63, 3.8) is 0 Å². The highest BCUT2D eigenvalue weighted by molar-refractivity contribution is 7.92. The summed E-state index contributed by atoms with van der Waals surface area (Å²) in [5.74, 6) is 0. The van der Waals surface area contributed by atoms with Gasteiger partial charge >= 0.3 is 0 Å². The number of anilines is 2. The monoisotopic (exact) mass is 378 g/mol. The van der Waals surface area contributed by atoms with E-state index in [0.717, 1.165) is 6.04 Å². The third-order valence-electron chi connectivity index (χ3n) is 3.72. The van der Waals surface area contributed by atoms with E-state index in [0.29, 0.717) is 18.0 Å². The van der Waals surface area contributed by atoms with E-state index in [1.54, 1.807) is 24.3 Å². The fraction of sp³-hybridized carbons (Fsp3) is 0.333. The van der Waals surface area contributed by atoms with Crippen LogP contribution in [0, 0.1) is 0 Å². The predicted molar refractivity (Wildman–Crippen MR) is 106 cm³/mol. The van der Waals surface area contributed by atoms with Gasteiger partial charge in [0.1, 0.15) is 6.73 Å². The number of nitrogens with zero attached hydrogens (tertiary/aromatic N) is 1. The van der Waals surface area contributed by atoms with Crippen molar-refractivity contribution in [3.8, 4) is 0 Å². The molecule has 0 aromatic heterocycles. The second-order valence-electron chi connectivity index (χ2n) is 7.11. The maximum Gasteiger partial charge on any atom is 0.266 e. The third kappa shape index (κ3) is 5.59. The van der Waals surface area contributed by atoms with Crippen LogP contribution in [0.2, 0.25) is 25.7 Å². The molecule has 0 spiro atoms. The Kier molecular flexibility index (Phi) is 6.26. The van der Waals surface area contributed by atoms with Gasteiger partial charge in [0, 0.05) is 20.4 Å². The van der Waals surface area contributed by atoms with E-state index >= 15 is 0 Å². The first-order chi connectivity index (χ1) is 11.7. The molecule has 0 heterocycles. The van der Waals surface area contributed by atoms with E-state index in [1.165, 1.54) is 16.4 Å². The highest BCUT2D eigenvalue weighted by Gasteiger charge is 2.25. The summed E-state index contributed by atoms with van der Waals surface area (Å²) >= 11 is 0. The van der Waals surface area contributed by atoms with Gasteiger partial charge in [-0.25, -0.2) is 12.7 Å². The Balaban J connectivity index is 2.24. The standard InChI is InChI=1S/C18H26N2O3SSi/c1-25(2,3)14-13-23-15-20(17-7-5-4-6-8-17)24(21,22)18-11-9-16(19)10-12-18/h4-12H,13-15,19H2,1-3H3. The first-order valence-corrected chi connectivity index (χ1v) is 13.4. The van der Waals surface area contributed by atoms with Gasteiger partial charge in [-0.05, 0) is 42.4 Å². The first-order valence-electron chi connectivity index (χ1n) is 8.21. The van der Waals surface area contributed by atoms with Crippen LogP contribution in [0.4, 0.5) is 11.4 Å². The van der Waals surface area contributed by atoms with E-state index in [1.807, 2.05) is 18.2 Å². The van der Waals surface area contributed by atoms with E-state index < -0.39 is 18.1 Å². The molecule has 0 radical (unpaired) electrons. The number of nitrogens with two attached hydrogens (primary N) is 1. The summed E-state index contributed by atoms with van der Waals surface area (Å²) in [4.78, 5) is 0.194. The van der Waals surface area contributed by atoms with Gasteiger partial charge in [0.15, 0.2) is 0 Å². The predicted octanol–water partition coefficient (Wildman–Crippen LogP) is 3.78.